The Balaban J connectivity index is 2.48. The van der Waals surface area contributed by atoms with Gasteiger partial charge in [0, 0.05) is 0 Å². The van der Waals surface area contributed by atoms with Crippen LogP contribution in [-0.4, -0.2) is 4.33 Å². The molecule has 2 rings (SSSR count). The zero-order valence-electron chi connectivity index (χ0n) is 8.49. The summed E-state index contributed by atoms with van der Waals surface area (Å²) in [6.07, 6.45) is 1.88. The van der Waals surface area contributed by atoms with Gasteiger partial charge in [0.15, 0.2) is 4.33 Å². The fourth-order valence-corrected chi connectivity index (χ4v) is 2.07. The smallest absolute Gasteiger partial charge is 0.0916 e. The van der Waals surface area contributed by atoms with E-state index in [1.54, 1.807) is 0 Å². The third kappa shape index (κ3) is 1.47. The largest absolute Gasteiger partial charge is 0.162 e. The first-order chi connectivity index (χ1) is 6.43. The molecule has 2 heteroatoms. The number of hydrogen-bond acceptors (Lipinski definition) is 0. The highest BCUT2D eigenvalue weighted by Crippen LogP contribution is 2.52. The average Bonchev–Trinajstić information content (AvgIpc) is 2.71. The summed E-state index contributed by atoms with van der Waals surface area (Å²) in [5, 5.41) is 0. The Morgan fingerprint density at radius 1 is 1.00 bits per heavy atom. The van der Waals surface area contributed by atoms with E-state index in [0.717, 1.165) is 5.57 Å². The molecule has 0 unspecified atom stereocenters. The molecule has 14 heavy (non-hydrogen) atoms. The van der Waals surface area contributed by atoms with E-state index in [2.05, 4.69) is 32.9 Å². The van der Waals surface area contributed by atoms with Crippen LogP contribution in [0.15, 0.2) is 18.2 Å². The van der Waals surface area contributed by atoms with Crippen LogP contribution in [0.2, 0.25) is 0 Å². The second-order valence-electron chi connectivity index (χ2n) is 3.86. The number of alkyl halides is 2. The molecule has 0 radical (unpaired) electrons. The van der Waals surface area contributed by atoms with Crippen LogP contribution in [0.5, 0.6) is 0 Å². The van der Waals surface area contributed by atoms with Crippen molar-refractivity contribution in [2.24, 2.45) is 0 Å². The van der Waals surface area contributed by atoms with Crippen molar-refractivity contribution in [1.82, 2.24) is 0 Å². The predicted octanol–water partition coefficient (Wildman–Crippen LogP) is 4.18. The van der Waals surface area contributed by atoms with Crippen LogP contribution in [0, 0.1) is 20.8 Å². The second-order valence-corrected chi connectivity index (χ2v) is 5.25. The first-order valence-corrected chi connectivity index (χ1v) is 5.37. The van der Waals surface area contributed by atoms with Gasteiger partial charge in [-0.1, -0.05) is 35.3 Å². The lowest BCUT2D eigenvalue weighted by atomic mass is 9.97. The number of hydrogen-bond donors (Lipinski definition) is 0. The molecule has 1 aromatic carbocycles. The van der Waals surface area contributed by atoms with Crippen molar-refractivity contribution in [3.63, 3.8) is 0 Å². The number of benzene rings is 1. The predicted molar refractivity (Wildman–Crippen MR) is 63.1 cm³/mol. The van der Waals surface area contributed by atoms with Crippen molar-refractivity contribution >= 4 is 28.8 Å². The summed E-state index contributed by atoms with van der Waals surface area (Å²) in [5.74, 6) is 0. The van der Waals surface area contributed by atoms with Gasteiger partial charge in [0.05, 0.1) is 0 Å². The molecule has 0 amide bonds. The second kappa shape index (κ2) is 3.01. The maximum atomic E-state index is 5.98. The van der Waals surface area contributed by atoms with Crippen molar-refractivity contribution in [2.75, 3.05) is 0 Å². The topological polar surface area (TPSA) is 0 Å². The molecule has 0 heterocycles. The lowest BCUT2D eigenvalue weighted by Gasteiger charge is -2.10. The van der Waals surface area contributed by atoms with Gasteiger partial charge >= 0.3 is 0 Å². The average molecular weight is 227 g/mol. The Hall–Kier alpha value is -0.460. The first-order valence-electron chi connectivity index (χ1n) is 4.62. The van der Waals surface area contributed by atoms with Crippen molar-refractivity contribution in [3.05, 3.63) is 40.5 Å². The Labute approximate surface area is 94.5 Å². The summed E-state index contributed by atoms with van der Waals surface area (Å²) in [6, 6.07) is 4.21. The summed E-state index contributed by atoms with van der Waals surface area (Å²) in [7, 11) is 0. The van der Waals surface area contributed by atoms with Gasteiger partial charge in [-0.05, 0) is 54.7 Å². The Morgan fingerprint density at radius 2 is 1.57 bits per heavy atom. The molecule has 0 aliphatic heterocycles. The number of aryl methyl sites for hydroxylation is 1. The first kappa shape index (κ1) is 10.1. The minimum Gasteiger partial charge on any atom is -0.0916 e. The van der Waals surface area contributed by atoms with E-state index in [-0.39, 0.29) is 0 Å². The van der Waals surface area contributed by atoms with Crippen LogP contribution in [-0.2, 0) is 0 Å². The van der Waals surface area contributed by atoms with E-state index in [9.17, 15) is 0 Å². The highest BCUT2D eigenvalue weighted by atomic mass is 35.5. The van der Waals surface area contributed by atoms with Gasteiger partial charge in [0.25, 0.3) is 0 Å². The van der Waals surface area contributed by atoms with Crippen LogP contribution in [0.4, 0.5) is 0 Å². The highest BCUT2D eigenvalue weighted by molar-refractivity contribution is 6.60. The van der Waals surface area contributed by atoms with Gasteiger partial charge in [-0.25, -0.2) is 0 Å². The molecule has 0 fully saturated rings. The van der Waals surface area contributed by atoms with Crippen molar-refractivity contribution in [2.45, 2.75) is 25.1 Å². The summed E-state index contributed by atoms with van der Waals surface area (Å²) < 4.78 is -0.716. The van der Waals surface area contributed by atoms with E-state index in [1.165, 1.54) is 22.3 Å². The Bertz CT molecular complexity index is 428. The van der Waals surface area contributed by atoms with E-state index in [0.29, 0.717) is 0 Å². The van der Waals surface area contributed by atoms with E-state index in [4.69, 9.17) is 23.2 Å². The molecule has 74 valence electrons. The van der Waals surface area contributed by atoms with Crippen LogP contribution in [0.1, 0.15) is 22.3 Å². The maximum absolute atomic E-state index is 5.98. The molecule has 1 aliphatic rings. The molecule has 0 nitrogen and oxygen atoms in total. The molecule has 0 atom stereocenters. The molecular weight excluding hydrogens is 215 g/mol. The molecule has 0 saturated carbocycles. The molecule has 1 aliphatic carbocycles. The third-order valence-electron chi connectivity index (χ3n) is 2.95. The third-order valence-corrected chi connectivity index (χ3v) is 3.57. The molecule has 0 aromatic heterocycles. The Morgan fingerprint density at radius 3 is 2.07 bits per heavy atom. The Kier molecular flexibility index (Phi) is 2.17. The quantitative estimate of drug-likeness (QED) is 0.631. The molecule has 0 saturated heterocycles. The van der Waals surface area contributed by atoms with Crippen LogP contribution in [0.25, 0.3) is 5.57 Å². The molecular formula is C12H12Cl2. The van der Waals surface area contributed by atoms with Crippen molar-refractivity contribution in [1.29, 1.82) is 0 Å². The lowest BCUT2D eigenvalue weighted by molar-refractivity contribution is 1.25. The van der Waals surface area contributed by atoms with Gasteiger partial charge in [0.2, 0.25) is 0 Å². The summed E-state index contributed by atoms with van der Waals surface area (Å²) >= 11 is 12.0. The van der Waals surface area contributed by atoms with Crippen LogP contribution >= 0.6 is 23.2 Å². The number of halogens is 2. The molecule has 1 aromatic rings. The minimum atomic E-state index is -0.716. The molecule has 0 N–H and O–H groups in total. The van der Waals surface area contributed by atoms with E-state index in [1.807, 2.05) is 6.08 Å². The number of allylic oxidation sites excluding steroid dienone is 2. The fourth-order valence-electron chi connectivity index (χ4n) is 1.65. The lowest BCUT2D eigenvalue weighted by Crippen LogP contribution is -1.95. The fraction of sp³-hybridized carbons (Fsp3) is 0.333. The maximum Gasteiger partial charge on any atom is 0.162 e. The summed E-state index contributed by atoms with van der Waals surface area (Å²) in [6.45, 7) is 6.35. The van der Waals surface area contributed by atoms with Crippen molar-refractivity contribution in [3.8, 4) is 0 Å². The monoisotopic (exact) mass is 226 g/mol. The van der Waals surface area contributed by atoms with Gasteiger partial charge in [-0.2, -0.15) is 0 Å². The zero-order chi connectivity index (χ0) is 10.5. The molecule has 0 bridgehead atoms. The normalized spacial score (nSPS) is 17.9. The van der Waals surface area contributed by atoms with E-state index >= 15 is 0 Å². The van der Waals surface area contributed by atoms with Gasteiger partial charge in [-0.15, -0.1) is 0 Å². The van der Waals surface area contributed by atoms with Crippen LogP contribution in [0.3, 0.4) is 0 Å². The van der Waals surface area contributed by atoms with Gasteiger partial charge in [-0.3, -0.25) is 0 Å². The minimum absolute atomic E-state index is 0.716. The van der Waals surface area contributed by atoms with Crippen molar-refractivity contribution < 1.29 is 0 Å². The number of rotatable bonds is 1. The zero-order valence-corrected chi connectivity index (χ0v) is 10.00. The van der Waals surface area contributed by atoms with Gasteiger partial charge < -0.3 is 0 Å². The standard InChI is InChI=1S/C12H12Cl2/c1-7-4-5-10(9(3)8(7)2)11-6-12(11,13)14/h4-6H,1-3H3. The summed E-state index contributed by atoms with van der Waals surface area (Å²) in [5.41, 5.74) is 6.13. The van der Waals surface area contributed by atoms with Crippen LogP contribution < -0.4 is 0 Å². The van der Waals surface area contributed by atoms with Gasteiger partial charge in [0.1, 0.15) is 0 Å². The van der Waals surface area contributed by atoms with E-state index < -0.39 is 4.33 Å². The summed E-state index contributed by atoms with van der Waals surface area (Å²) in [4.78, 5) is 0. The highest BCUT2D eigenvalue weighted by Gasteiger charge is 2.41. The molecule has 0 spiro atoms. The SMILES string of the molecule is Cc1ccc(C2=CC2(Cl)Cl)c(C)c1C.